The largest absolute Gasteiger partial charge is 0.497 e. The van der Waals surface area contributed by atoms with E-state index >= 15 is 0 Å². The van der Waals surface area contributed by atoms with Gasteiger partial charge in [0.1, 0.15) is 5.75 Å². The van der Waals surface area contributed by atoms with E-state index in [4.69, 9.17) is 9.47 Å². The molecule has 0 aromatic heterocycles. The van der Waals surface area contributed by atoms with Crippen molar-refractivity contribution in [3.8, 4) is 5.75 Å². The number of rotatable bonds is 7. The molecule has 29 heavy (non-hydrogen) atoms. The summed E-state index contributed by atoms with van der Waals surface area (Å²) >= 11 is 0. The fourth-order valence-corrected chi connectivity index (χ4v) is 6.81. The second kappa shape index (κ2) is 8.09. The summed E-state index contributed by atoms with van der Waals surface area (Å²) in [7, 11) is 1.70. The molecule has 0 spiro atoms. The molecule has 1 aliphatic heterocycles. The highest BCUT2D eigenvalue weighted by molar-refractivity contribution is 5.49. The highest BCUT2D eigenvalue weighted by atomic mass is 16.5. The molecule has 4 aliphatic carbocycles. The molecule has 0 radical (unpaired) electrons. The van der Waals surface area contributed by atoms with Crippen LogP contribution in [0.25, 0.3) is 0 Å². The van der Waals surface area contributed by atoms with E-state index in [1.807, 2.05) is 12.1 Å². The molecule has 4 saturated carbocycles. The highest BCUT2D eigenvalue weighted by Gasteiger charge is 2.51. The van der Waals surface area contributed by atoms with Gasteiger partial charge in [-0.3, -0.25) is 4.90 Å². The second-order valence-electron chi connectivity index (χ2n) is 10.1. The van der Waals surface area contributed by atoms with Gasteiger partial charge in [0.25, 0.3) is 0 Å². The molecular formula is C24H36N2O3. The molecule has 1 N–H and O–H groups in total. The third-order valence-corrected chi connectivity index (χ3v) is 7.84. The number of aliphatic hydroxyl groups is 1. The SMILES string of the molecule is COc1ccc(N2CCN(C[C@@H](O)COC34CC5CC(CC(C5)C3)C4)CC2)cc1. The number of methoxy groups -OCH3 is 1. The summed E-state index contributed by atoms with van der Waals surface area (Å²) in [5.41, 5.74) is 1.35. The van der Waals surface area contributed by atoms with E-state index in [1.54, 1.807) is 7.11 Å². The smallest absolute Gasteiger partial charge is 0.119 e. The van der Waals surface area contributed by atoms with Crippen LogP contribution in [0.5, 0.6) is 5.75 Å². The van der Waals surface area contributed by atoms with Crippen molar-refractivity contribution < 1.29 is 14.6 Å². The lowest BCUT2D eigenvalue weighted by Crippen LogP contribution is -2.53. The van der Waals surface area contributed by atoms with Gasteiger partial charge in [-0.05, 0) is 80.5 Å². The van der Waals surface area contributed by atoms with E-state index in [9.17, 15) is 5.11 Å². The number of benzene rings is 1. The first-order valence-electron chi connectivity index (χ1n) is 11.5. The molecule has 160 valence electrons. The van der Waals surface area contributed by atoms with Gasteiger partial charge in [0.05, 0.1) is 25.4 Å². The van der Waals surface area contributed by atoms with E-state index in [0.717, 1.165) is 56.2 Å². The van der Waals surface area contributed by atoms with E-state index in [2.05, 4.69) is 21.9 Å². The maximum Gasteiger partial charge on any atom is 0.119 e. The topological polar surface area (TPSA) is 45.2 Å². The summed E-state index contributed by atoms with van der Waals surface area (Å²) in [5.74, 6) is 3.58. The van der Waals surface area contributed by atoms with Gasteiger partial charge in [-0.2, -0.15) is 0 Å². The zero-order valence-corrected chi connectivity index (χ0v) is 17.8. The summed E-state index contributed by atoms with van der Waals surface area (Å²) in [6, 6.07) is 8.30. The number of β-amino-alcohol motifs (C(OH)–C–C–N with tert-alkyl or cyclic N) is 1. The molecule has 5 nitrogen and oxygen atoms in total. The minimum atomic E-state index is -0.379. The summed E-state index contributed by atoms with van der Waals surface area (Å²) < 4.78 is 11.7. The van der Waals surface area contributed by atoms with Gasteiger partial charge in [-0.25, -0.2) is 0 Å². The van der Waals surface area contributed by atoms with Crippen LogP contribution in [0.1, 0.15) is 38.5 Å². The Hall–Kier alpha value is -1.30. The molecule has 1 saturated heterocycles. The van der Waals surface area contributed by atoms with Crippen molar-refractivity contribution in [3.05, 3.63) is 24.3 Å². The minimum absolute atomic E-state index is 0.1000. The molecule has 1 aromatic carbocycles. The normalized spacial score (nSPS) is 35.1. The van der Waals surface area contributed by atoms with Crippen LogP contribution in [-0.4, -0.2) is 68.2 Å². The minimum Gasteiger partial charge on any atom is -0.497 e. The number of piperazine rings is 1. The Morgan fingerprint density at radius 1 is 0.966 bits per heavy atom. The molecule has 5 heteroatoms. The van der Waals surface area contributed by atoms with E-state index in [-0.39, 0.29) is 11.7 Å². The fourth-order valence-electron chi connectivity index (χ4n) is 6.81. The second-order valence-corrected chi connectivity index (χ2v) is 10.1. The van der Waals surface area contributed by atoms with Crippen molar-refractivity contribution in [1.82, 2.24) is 4.90 Å². The lowest BCUT2D eigenvalue weighted by Gasteiger charge is -2.56. The molecule has 1 atom stereocenters. The molecule has 1 aromatic rings. The standard InChI is InChI=1S/C24H36N2O3/c1-28-23-4-2-21(3-5-23)26-8-6-25(7-9-26)16-22(27)17-29-24-13-18-10-19(14-24)12-20(11-18)15-24/h2-5,18-20,22,27H,6-17H2,1H3/t18?,19?,20?,22-,24?/m1/s1. The van der Waals surface area contributed by atoms with E-state index < -0.39 is 0 Å². The maximum atomic E-state index is 10.6. The Balaban J connectivity index is 1.07. The zero-order chi connectivity index (χ0) is 19.8. The number of hydrogen-bond donors (Lipinski definition) is 1. The van der Waals surface area contributed by atoms with Crippen LogP contribution in [0.2, 0.25) is 0 Å². The molecule has 0 amide bonds. The predicted molar refractivity (Wildman–Crippen MR) is 115 cm³/mol. The van der Waals surface area contributed by atoms with Gasteiger partial charge in [0.15, 0.2) is 0 Å². The average Bonchev–Trinajstić information content (AvgIpc) is 2.72. The Kier molecular flexibility index (Phi) is 5.48. The van der Waals surface area contributed by atoms with Gasteiger partial charge in [-0.15, -0.1) is 0 Å². The van der Waals surface area contributed by atoms with Crippen LogP contribution in [0.15, 0.2) is 24.3 Å². The van der Waals surface area contributed by atoms with Crippen molar-refractivity contribution in [3.63, 3.8) is 0 Å². The Labute approximate surface area is 175 Å². The molecule has 4 bridgehead atoms. The Morgan fingerprint density at radius 2 is 1.55 bits per heavy atom. The van der Waals surface area contributed by atoms with Crippen LogP contribution in [0.4, 0.5) is 5.69 Å². The first kappa shape index (κ1) is 19.7. The lowest BCUT2D eigenvalue weighted by atomic mass is 9.54. The van der Waals surface area contributed by atoms with Crippen molar-refractivity contribution >= 4 is 5.69 Å². The number of hydrogen-bond acceptors (Lipinski definition) is 5. The summed E-state index contributed by atoms with van der Waals surface area (Å²) in [6.07, 6.45) is 7.65. The first-order chi connectivity index (χ1) is 14.1. The van der Waals surface area contributed by atoms with Gasteiger partial charge in [0.2, 0.25) is 0 Å². The fraction of sp³-hybridized carbons (Fsp3) is 0.750. The summed E-state index contributed by atoms with van der Waals surface area (Å²) in [6.45, 7) is 5.19. The lowest BCUT2D eigenvalue weighted by molar-refractivity contribution is -0.176. The van der Waals surface area contributed by atoms with E-state index in [1.165, 1.54) is 44.2 Å². The molecule has 6 rings (SSSR count). The Bertz CT molecular complexity index is 649. The van der Waals surface area contributed by atoms with Gasteiger partial charge in [0, 0.05) is 38.4 Å². The van der Waals surface area contributed by atoms with Gasteiger partial charge >= 0.3 is 0 Å². The van der Waals surface area contributed by atoms with Gasteiger partial charge < -0.3 is 19.5 Å². The first-order valence-corrected chi connectivity index (χ1v) is 11.5. The predicted octanol–water partition coefficient (Wildman–Crippen LogP) is 3.16. The zero-order valence-electron chi connectivity index (χ0n) is 17.8. The number of ether oxygens (including phenoxy) is 2. The third-order valence-electron chi connectivity index (χ3n) is 7.84. The number of aliphatic hydroxyl groups excluding tert-OH is 1. The quantitative estimate of drug-likeness (QED) is 0.762. The van der Waals surface area contributed by atoms with Crippen molar-refractivity contribution in [1.29, 1.82) is 0 Å². The summed E-state index contributed by atoms with van der Waals surface area (Å²) in [4.78, 5) is 4.79. The number of nitrogens with zero attached hydrogens (tertiary/aromatic N) is 2. The monoisotopic (exact) mass is 400 g/mol. The molecule has 1 heterocycles. The number of anilines is 1. The average molecular weight is 401 g/mol. The van der Waals surface area contributed by atoms with Crippen LogP contribution < -0.4 is 9.64 Å². The van der Waals surface area contributed by atoms with Crippen molar-refractivity contribution in [2.45, 2.75) is 50.2 Å². The third kappa shape index (κ3) is 4.28. The van der Waals surface area contributed by atoms with E-state index in [0.29, 0.717) is 6.61 Å². The molecule has 5 aliphatic rings. The molecular weight excluding hydrogens is 364 g/mol. The summed E-state index contributed by atoms with van der Waals surface area (Å²) in [5, 5.41) is 10.6. The van der Waals surface area contributed by atoms with Crippen molar-refractivity contribution in [2.75, 3.05) is 51.3 Å². The van der Waals surface area contributed by atoms with Gasteiger partial charge in [-0.1, -0.05) is 0 Å². The van der Waals surface area contributed by atoms with Crippen LogP contribution >= 0.6 is 0 Å². The van der Waals surface area contributed by atoms with Crippen molar-refractivity contribution in [2.24, 2.45) is 17.8 Å². The maximum absolute atomic E-state index is 10.6. The molecule has 5 fully saturated rings. The highest BCUT2D eigenvalue weighted by Crippen LogP contribution is 2.57. The Morgan fingerprint density at radius 3 is 2.10 bits per heavy atom. The van der Waals surface area contributed by atoms with Crippen LogP contribution in [-0.2, 0) is 4.74 Å². The van der Waals surface area contributed by atoms with Crippen LogP contribution in [0.3, 0.4) is 0 Å². The van der Waals surface area contributed by atoms with Crippen LogP contribution in [0, 0.1) is 17.8 Å². The molecule has 0 unspecified atom stereocenters.